The zero-order valence-electron chi connectivity index (χ0n) is 12.2. The molecule has 0 saturated heterocycles. The summed E-state index contributed by atoms with van der Waals surface area (Å²) in [4.78, 5) is 12.9. The van der Waals surface area contributed by atoms with Gasteiger partial charge < -0.3 is 5.11 Å². The van der Waals surface area contributed by atoms with Gasteiger partial charge in [0.2, 0.25) is 0 Å². The van der Waals surface area contributed by atoms with Crippen molar-refractivity contribution in [2.24, 2.45) is 5.92 Å². The van der Waals surface area contributed by atoms with Gasteiger partial charge >= 0.3 is 5.97 Å². The monoisotopic (exact) mass is 263 g/mol. The fourth-order valence-electron chi connectivity index (χ4n) is 2.33. The first-order valence-electron chi connectivity index (χ1n) is 6.97. The summed E-state index contributed by atoms with van der Waals surface area (Å²) in [6.07, 6.45) is 2.04. The molecule has 0 aliphatic heterocycles. The highest BCUT2D eigenvalue weighted by Gasteiger charge is 2.18. The summed E-state index contributed by atoms with van der Waals surface area (Å²) in [6, 6.07) is 10.8. The van der Waals surface area contributed by atoms with E-state index >= 15 is 0 Å². The molecule has 1 atom stereocenters. The smallest absolute Gasteiger partial charge is 0.303 e. The second kappa shape index (κ2) is 7.95. The summed E-state index contributed by atoms with van der Waals surface area (Å²) < 4.78 is 0. The van der Waals surface area contributed by atoms with E-state index in [1.807, 2.05) is 6.07 Å². The molecule has 0 saturated carbocycles. The molecule has 1 unspecified atom stereocenters. The quantitative estimate of drug-likeness (QED) is 0.779. The molecular formula is C16H25NO2. The van der Waals surface area contributed by atoms with Gasteiger partial charge in [0.25, 0.3) is 0 Å². The van der Waals surface area contributed by atoms with Crippen LogP contribution in [0.3, 0.4) is 0 Å². The van der Waals surface area contributed by atoms with E-state index in [0.29, 0.717) is 18.4 Å². The van der Waals surface area contributed by atoms with Crippen molar-refractivity contribution in [1.82, 2.24) is 4.90 Å². The molecule has 0 radical (unpaired) electrons. The van der Waals surface area contributed by atoms with Crippen LogP contribution >= 0.6 is 0 Å². The Balaban J connectivity index is 2.65. The lowest BCUT2D eigenvalue weighted by molar-refractivity contribution is -0.137. The van der Waals surface area contributed by atoms with E-state index in [2.05, 4.69) is 50.1 Å². The Morgan fingerprint density at radius 2 is 1.89 bits per heavy atom. The first-order valence-corrected chi connectivity index (χ1v) is 6.97. The van der Waals surface area contributed by atoms with Crippen LogP contribution in [-0.4, -0.2) is 29.6 Å². The van der Waals surface area contributed by atoms with Gasteiger partial charge in [0.05, 0.1) is 0 Å². The third kappa shape index (κ3) is 5.88. The van der Waals surface area contributed by atoms with Crippen LogP contribution in [0, 0.1) is 5.92 Å². The van der Waals surface area contributed by atoms with Crippen LogP contribution in [-0.2, 0) is 4.79 Å². The van der Waals surface area contributed by atoms with Gasteiger partial charge in [0.1, 0.15) is 0 Å². The highest BCUT2D eigenvalue weighted by Crippen LogP contribution is 2.26. The van der Waals surface area contributed by atoms with Crippen LogP contribution in [0.1, 0.15) is 44.7 Å². The zero-order chi connectivity index (χ0) is 14.3. The maximum atomic E-state index is 10.6. The Bertz CT molecular complexity index is 376. The van der Waals surface area contributed by atoms with Crippen molar-refractivity contribution in [3.8, 4) is 0 Å². The molecule has 19 heavy (non-hydrogen) atoms. The largest absolute Gasteiger partial charge is 0.481 e. The minimum absolute atomic E-state index is 0.244. The predicted molar refractivity (Wildman–Crippen MR) is 78.1 cm³/mol. The van der Waals surface area contributed by atoms with Crippen molar-refractivity contribution in [3.63, 3.8) is 0 Å². The van der Waals surface area contributed by atoms with Crippen molar-refractivity contribution in [1.29, 1.82) is 0 Å². The number of aliphatic carboxylic acids is 1. The number of carbonyl (C=O) groups is 1. The Morgan fingerprint density at radius 1 is 1.26 bits per heavy atom. The lowest BCUT2D eigenvalue weighted by Gasteiger charge is -2.30. The standard InChI is InChI=1S/C16H25NO2/c1-13(2)12-15(14-8-5-4-6-9-14)17(3)11-7-10-16(18)19/h4-6,8-9,13,15H,7,10-12H2,1-3H3,(H,18,19). The van der Waals surface area contributed by atoms with Gasteiger partial charge in [-0.2, -0.15) is 0 Å². The van der Waals surface area contributed by atoms with Gasteiger partial charge in [-0.15, -0.1) is 0 Å². The average Bonchev–Trinajstić information content (AvgIpc) is 2.36. The third-order valence-corrected chi connectivity index (χ3v) is 3.31. The third-order valence-electron chi connectivity index (χ3n) is 3.31. The number of carboxylic acids is 1. The lowest BCUT2D eigenvalue weighted by atomic mass is 9.95. The molecule has 106 valence electrons. The molecule has 1 rings (SSSR count). The molecule has 0 bridgehead atoms. The van der Waals surface area contributed by atoms with Crippen LogP contribution in [0.4, 0.5) is 0 Å². The van der Waals surface area contributed by atoms with E-state index in [-0.39, 0.29) is 6.42 Å². The number of hydrogen-bond donors (Lipinski definition) is 1. The van der Waals surface area contributed by atoms with E-state index in [9.17, 15) is 4.79 Å². The summed E-state index contributed by atoms with van der Waals surface area (Å²) in [7, 11) is 2.09. The van der Waals surface area contributed by atoms with E-state index in [1.165, 1.54) is 5.56 Å². The van der Waals surface area contributed by atoms with Crippen molar-refractivity contribution < 1.29 is 9.90 Å². The molecule has 3 nitrogen and oxygen atoms in total. The molecule has 0 amide bonds. The van der Waals surface area contributed by atoms with Gasteiger partial charge in [-0.1, -0.05) is 44.2 Å². The first-order chi connectivity index (χ1) is 9.00. The molecule has 0 spiro atoms. The fraction of sp³-hybridized carbons (Fsp3) is 0.562. The minimum atomic E-state index is -0.714. The minimum Gasteiger partial charge on any atom is -0.481 e. The van der Waals surface area contributed by atoms with Crippen molar-refractivity contribution in [3.05, 3.63) is 35.9 Å². The summed E-state index contributed by atoms with van der Waals surface area (Å²) in [5.41, 5.74) is 1.31. The molecule has 0 aromatic heterocycles. The Hall–Kier alpha value is -1.35. The van der Waals surface area contributed by atoms with Crippen molar-refractivity contribution >= 4 is 5.97 Å². The van der Waals surface area contributed by atoms with Crippen LogP contribution in [0.15, 0.2) is 30.3 Å². The van der Waals surface area contributed by atoms with Crippen molar-refractivity contribution in [2.45, 2.75) is 39.2 Å². The Kier molecular flexibility index (Phi) is 6.57. The first kappa shape index (κ1) is 15.7. The predicted octanol–water partition coefficient (Wildman–Crippen LogP) is 3.57. The van der Waals surface area contributed by atoms with Crippen LogP contribution in [0.25, 0.3) is 0 Å². The van der Waals surface area contributed by atoms with Crippen LogP contribution < -0.4 is 0 Å². The normalized spacial score (nSPS) is 12.9. The van der Waals surface area contributed by atoms with Gasteiger partial charge in [0, 0.05) is 12.5 Å². The molecule has 3 heteroatoms. The lowest BCUT2D eigenvalue weighted by Crippen LogP contribution is -2.27. The number of hydrogen-bond acceptors (Lipinski definition) is 2. The van der Waals surface area contributed by atoms with Crippen molar-refractivity contribution in [2.75, 3.05) is 13.6 Å². The van der Waals surface area contributed by atoms with Gasteiger partial charge in [-0.05, 0) is 37.9 Å². The number of benzene rings is 1. The van der Waals surface area contributed by atoms with Gasteiger partial charge in [0.15, 0.2) is 0 Å². The number of nitrogens with zero attached hydrogens (tertiary/aromatic N) is 1. The SMILES string of the molecule is CC(C)CC(c1ccccc1)N(C)CCCC(=O)O. The Labute approximate surface area is 116 Å². The molecule has 0 heterocycles. The topological polar surface area (TPSA) is 40.5 Å². The number of carboxylic acid groups (broad SMARTS) is 1. The molecule has 0 aliphatic rings. The highest BCUT2D eigenvalue weighted by molar-refractivity contribution is 5.66. The second-order valence-corrected chi connectivity index (χ2v) is 5.53. The second-order valence-electron chi connectivity index (χ2n) is 5.53. The summed E-state index contributed by atoms with van der Waals surface area (Å²) in [5.74, 6) is -0.0966. The maximum Gasteiger partial charge on any atom is 0.303 e. The van der Waals surface area contributed by atoms with E-state index in [1.54, 1.807) is 0 Å². The summed E-state index contributed by atoms with van der Waals surface area (Å²) >= 11 is 0. The van der Waals surface area contributed by atoms with Gasteiger partial charge in [-0.25, -0.2) is 0 Å². The average molecular weight is 263 g/mol. The zero-order valence-corrected chi connectivity index (χ0v) is 12.2. The van der Waals surface area contributed by atoms with E-state index < -0.39 is 5.97 Å². The fourth-order valence-corrected chi connectivity index (χ4v) is 2.33. The molecule has 1 aromatic carbocycles. The Morgan fingerprint density at radius 3 is 2.42 bits per heavy atom. The molecule has 0 fully saturated rings. The van der Waals surface area contributed by atoms with Crippen LogP contribution in [0.2, 0.25) is 0 Å². The maximum absolute atomic E-state index is 10.6. The molecule has 1 N–H and O–H groups in total. The van der Waals surface area contributed by atoms with Gasteiger partial charge in [-0.3, -0.25) is 9.69 Å². The summed E-state index contributed by atoms with van der Waals surface area (Å²) in [6.45, 7) is 5.26. The number of rotatable bonds is 8. The van der Waals surface area contributed by atoms with E-state index in [4.69, 9.17) is 5.11 Å². The highest BCUT2D eigenvalue weighted by atomic mass is 16.4. The molecule has 1 aromatic rings. The molecular weight excluding hydrogens is 238 g/mol. The summed E-state index contributed by atoms with van der Waals surface area (Å²) in [5, 5.41) is 8.71. The molecule has 0 aliphatic carbocycles. The van der Waals surface area contributed by atoms with Crippen LogP contribution in [0.5, 0.6) is 0 Å². The van der Waals surface area contributed by atoms with E-state index in [0.717, 1.165) is 13.0 Å².